The molecule has 28 heavy (non-hydrogen) atoms. The molecule has 3 aromatic rings. The lowest BCUT2D eigenvalue weighted by molar-refractivity contribution is 0.0585. The normalized spacial score (nSPS) is 15.5. The standard InChI is InChI=1S/C23H28N4O/c1-4-27-21(23(28)26-14-12-25(13-15-26)17(2)3)16-24-22(27)20-11-7-9-18-8-5-6-10-19(18)20/h5-11,16-17H,4,12-15H2,1-3H3. The summed E-state index contributed by atoms with van der Waals surface area (Å²) in [5.41, 5.74) is 1.76. The van der Waals surface area contributed by atoms with Gasteiger partial charge in [-0.3, -0.25) is 9.69 Å². The maximum atomic E-state index is 13.2. The van der Waals surface area contributed by atoms with Gasteiger partial charge in [-0.15, -0.1) is 0 Å². The average molecular weight is 377 g/mol. The van der Waals surface area contributed by atoms with Crippen molar-refractivity contribution in [3.8, 4) is 11.4 Å². The highest BCUT2D eigenvalue weighted by Crippen LogP contribution is 2.29. The van der Waals surface area contributed by atoms with Gasteiger partial charge in [-0.1, -0.05) is 42.5 Å². The Labute approximate surface area is 166 Å². The number of fused-ring (bicyclic) bond motifs is 1. The number of benzene rings is 2. The van der Waals surface area contributed by atoms with Crippen LogP contribution in [0.4, 0.5) is 0 Å². The van der Waals surface area contributed by atoms with Crippen molar-refractivity contribution < 1.29 is 4.79 Å². The monoisotopic (exact) mass is 376 g/mol. The van der Waals surface area contributed by atoms with Gasteiger partial charge in [0.15, 0.2) is 0 Å². The van der Waals surface area contributed by atoms with Crippen molar-refractivity contribution in [1.29, 1.82) is 0 Å². The quantitative estimate of drug-likeness (QED) is 0.694. The Hall–Kier alpha value is -2.66. The third kappa shape index (κ3) is 3.31. The smallest absolute Gasteiger partial charge is 0.272 e. The van der Waals surface area contributed by atoms with E-state index >= 15 is 0 Å². The fourth-order valence-electron chi connectivity index (χ4n) is 4.11. The van der Waals surface area contributed by atoms with Gasteiger partial charge in [-0.2, -0.15) is 0 Å². The number of rotatable bonds is 4. The number of carbonyl (C=O) groups excluding carboxylic acids is 1. The molecule has 5 nitrogen and oxygen atoms in total. The van der Waals surface area contributed by atoms with Gasteiger partial charge in [-0.05, 0) is 31.5 Å². The van der Waals surface area contributed by atoms with Crippen LogP contribution in [-0.4, -0.2) is 57.5 Å². The summed E-state index contributed by atoms with van der Waals surface area (Å²) in [5.74, 6) is 0.952. The van der Waals surface area contributed by atoms with Crippen LogP contribution in [0.15, 0.2) is 48.7 Å². The van der Waals surface area contributed by atoms with Crippen LogP contribution in [0.1, 0.15) is 31.3 Å². The zero-order chi connectivity index (χ0) is 19.7. The van der Waals surface area contributed by atoms with Crippen molar-refractivity contribution in [2.24, 2.45) is 0 Å². The molecule has 146 valence electrons. The zero-order valence-corrected chi connectivity index (χ0v) is 16.9. The lowest BCUT2D eigenvalue weighted by Crippen LogP contribution is -2.51. The van der Waals surface area contributed by atoms with Crippen LogP contribution in [0.3, 0.4) is 0 Å². The van der Waals surface area contributed by atoms with Crippen LogP contribution < -0.4 is 0 Å². The molecule has 1 amide bonds. The van der Waals surface area contributed by atoms with Gasteiger partial charge >= 0.3 is 0 Å². The van der Waals surface area contributed by atoms with Gasteiger partial charge in [0, 0.05) is 44.3 Å². The van der Waals surface area contributed by atoms with Crippen molar-refractivity contribution in [1.82, 2.24) is 19.4 Å². The Balaban J connectivity index is 1.66. The van der Waals surface area contributed by atoms with Crippen LogP contribution in [0, 0.1) is 0 Å². The third-order valence-corrected chi connectivity index (χ3v) is 5.75. The lowest BCUT2D eigenvalue weighted by atomic mass is 10.0. The predicted molar refractivity (Wildman–Crippen MR) is 113 cm³/mol. The fourth-order valence-corrected chi connectivity index (χ4v) is 4.11. The minimum Gasteiger partial charge on any atom is -0.335 e. The Bertz CT molecular complexity index is 978. The van der Waals surface area contributed by atoms with Gasteiger partial charge in [0.05, 0.1) is 6.20 Å². The van der Waals surface area contributed by atoms with E-state index in [1.54, 1.807) is 6.20 Å². The molecule has 1 fully saturated rings. The molecule has 1 saturated heterocycles. The first-order valence-electron chi connectivity index (χ1n) is 10.2. The van der Waals surface area contributed by atoms with Gasteiger partial charge in [0.25, 0.3) is 5.91 Å². The zero-order valence-electron chi connectivity index (χ0n) is 16.9. The first-order valence-corrected chi connectivity index (χ1v) is 10.2. The molecule has 0 saturated carbocycles. The number of amides is 1. The van der Waals surface area contributed by atoms with Crippen molar-refractivity contribution in [3.05, 3.63) is 54.4 Å². The summed E-state index contributed by atoms with van der Waals surface area (Å²) >= 11 is 0. The molecule has 1 aliphatic heterocycles. The number of hydrogen-bond donors (Lipinski definition) is 0. The Kier molecular flexibility index (Phi) is 5.18. The molecular weight excluding hydrogens is 348 g/mol. The van der Waals surface area contributed by atoms with E-state index in [0.717, 1.165) is 43.0 Å². The molecule has 0 N–H and O–H groups in total. The van der Waals surface area contributed by atoms with Crippen LogP contribution in [0.25, 0.3) is 22.2 Å². The second-order valence-corrected chi connectivity index (χ2v) is 7.66. The predicted octanol–water partition coefficient (Wildman–Crippen LogP) is 3.89. The number of aromatic nitrogens is 2. The van der Waals surface area contributed by atoms with Crippen LogP contribution in [0.2, 0.25) is 0 Å². The molecule has 2 heterocycles. The first-order chi connectivity index (χ1) is 13.6. The molecule has 2 aromatic carbocycles. The molecule has 0 unspecified atom stereocenters. The van der Waals surface area contributed by atoms with E-state index in [4.69, 9.17) is 0 Å². The fraction of sp³-hybridized carbons (Fsp3) is 0.391. The molecule has 0 aliphatic carbocycles. The van der Waals surface area contributed by atoms with Crippen molar-refractivity contribution in [3.63, 3.8) is 0 Å². The molecule has 0 bridgehead atoms. The highest BCUT2D eigenvalue weighted by atomic mass is 16.2. The van der Waals surface area contributed by atoms with Gasteiger partial charge in [0.1, 0.15) is 11.5 Å². The topological polar surface area (TPSA) is 41.4 Å². The highest BCUT2D eigenvalue weighted by molar-refractivity contribution is 5.97. The largest absolute Gasteiger partial charge is 0.335 e. The van der Waals surface area contributed by atoms with Gasteiger partial charge < -0.3 is 9.47 Å². The van der Waals surface area contributed by atoms with Crippen LogP contribution >= 0.6 is 0 Å². The van der Waals surface area contributed by atoms with Crippen LogP contribution in [0.5, 0.6) is 0 Å². The minimum atomic E-state index is 0.0873. The van der Waals surface area contributed by atoms with Crippen molar-refractivity contribution in [2.75, 3.05) is 26.2 Å². The average Bonchev–Trinajstić information content (AvgIpc) is 3.16. The molecule has 0 spiro atoms. The summed E-state index contributed by atoms with van der Waals surface area (Å²) in [4.78, 5) is 22.3. The number of hydrogen-bond acceptors (Lipinski definition) is 3. The van der Waals surface area contributed by atoms with E-state index in [0.29, 0.717) is 18.3 Å². The minimum absolute atomic E-state index is 0.0873. The molecule has 1 aromatic heterocycles. The summed E-state index contributed by atoms with van der Waals surface area (Å²) < 4.78 is 2.05. The van der Waals surface area contributed by atoms with E-state index in [1.807, 2.05) is 17.0 Å². The number of piperazine rings is 1. The third-order valence-electron chi connectivity index (χ3n) is 5.75. The van der Waals surface area contributed by atoms with E-state index < -0.39 is 0 Å². The molecule has 0 atom stereocenters. The van der Waals surface area contributed by atoms with Crippen LogP contribution in [-0.2, 0) is 6.54 Å². The SMILES string of the molecule is CCn1c(C(=O)N2CCN(C(C)C)CC2)cnc1-c1cccc2ccccc12. The number of nitrogens with zero attached hydrogens (tertiary/aromatic N) is 4. The van der Waals surface area contributed by atoms with E-state index in [-0.39, 0.29) is 5.91 Å². The summed E-state index contributed by atoms with van der Waals surface area (Å²) in [6, 6.07) is 15.1. The Morgan fingerprint density at radius 3 is 2.46 bits per heavy atom. The molecule has 1 aliphatic rings. The second kappa shape index (κ2) is 7.76. The summed E-state index contributed by atoms with van der Waals surface area (Å²) in [5, 5.41) is 2.35. The molecule has 5 heteroatoms. The van der Waals surface area contributed by atoms with E-state index in [1.165, 1.54) is 5.39 Å². The first kappa shape index (κ1) is 18.7. The maximum Gasteiger partial charge on any atom is 0.272 e. The van der Waals surface area contributed by atoms with Crippen molar-refractivity contribution >= 4 is 16.7 Å². The van der Waals surface area contributed by atoms with Crippen molar-refractivity contribution in [2.45, 2.75) is 33.4 Å². The summed E-state index contributed by atoms with van der Waals surface area (Å²) in [6.45, 7) is 10.6. The molecule has 4 rings (SSSR count). The van der Waals surface area contributed by atoms with Gasteiger partial charge in [-0.25, -0.2) is 4.98 Å². The number of carbonyl (C=O) groups is 1. The molecule has 0 radical (unpaired) electrons. The Morgan fingerprint density at radius 1 is 1.04 bits per heavy atom. The highest BCUT2D eigenvalue weighted by Gasteiger charge is 2.26. The maximum absolute atomic E-state index is 13.2. The van der Waals surface area contributed by atoms with Gasteiger partial charge in [0.2, 0.25) is 0 Å². The Morgan fingerprint density at radius 2 is 1.75 bits per heavy atom. The van der Waals surface area contributed by atoms with E-state index in [2.05, 4.69) is 65.6 Å². The summed E-state index contributed by atoms with van der Waals surface area (Å²) in [7, 11) is 0. The lowest BCUT2D eigenvalue weighted by Gasteiger charge is -2.36. The van der Waals surface area contributed by atoms with E-state index in [9.17, 15) is 4.79 Å². The number of imidazole rings is 1. The second-order valence-electron chi connectivity index (χ2n) is 7.66. The summed E-state index contributed by atoms with van der Waals surface area (Å²) in [6.07, 6.45) is 1.75. The molecular formula is C23H28N4O.